The summed E-state index contributed by atoms with van der Waals surface area (Å²) in [4.78, 5) is 29.3. The standard InChI is InChI=1S/C21H28N2O4/c1-15(24)22-11-9-16-6-2-3-7-17(16)19(22)14-20(25)23-10-5-4-8-18(23)21-26-12-13-27-21/h2-3,6-7,18-19,21H,4-5,8-14H2,1H3. The van der Waals surface area contributed by atoms with Gasteiger partial charge in [0.05, 0.1) is 31.7 Å². The molecule has 146 valence electrons. The number of hydrogen-bond acceptors (Lipinski definition) is 4. The van der Waals surface area contributed by atoms with Crippen LogP contribution in [-0.4, -0.2) is 60.2 Å². The second-order valence-electron chi connectivity index (χ2n) is 7.64. The van der Waals surface area contributed by atoms with Crippen LogP contribution in [0.15, 0.2) is 24.3 Å². The van der Waals surface area contributed by atoms with Gasteiger partial charge in [-0.2, -0.15) is 0 Å². The Balaban J connectivity index is 1.55. The van der Waals surface area contributed by atoms with Gasteiger partial charge in [0.15, 0.2) is 6.29 Å². The molecule has 1 aromatic rings. The minimum Gasteiger partial charge on any atom is -0.348 e. The highest BCUT2D eigenvalue weighted by atomic mass is 16.7. The summed E-state index contributed by atoms with van der Waals surface area (Å²) in [6, 6.07) is 7.97. The minimum absolute atomic E-state index is 0.0154. The summed E-state index contributed by atoms with van der Waals surface area (Å²) in [5, 5.41) is 0. The molecule has 3 aliphatic rings. The zero-order chi connectivity index (χ0) is 18.8. The van der Waals surface area contributed by atoms with Crippen molar-refractivity contribution in [1.82, 2.24) is 9.80 Å². The van der Waals surface area contributed by atoms with E-state index in [4.69, 9.17) is 9.47 Å². The van der Waals surface area contributed by atoms with Gasteiger partial charge in [-0.25, -0.2) is 0 Å². The van der Waals surface area contributed by atoms with Crippen molar-refractivity contribution >= 4 is 11.8 Å². The van der Waals surface area contributed by atoms with E-state index in [0.29, 0.717) is 26.2 Å². The molecule has 2 atom stereocenters. The first-order chi connectivity index (χ1) is 13.1. The Bertz CT molecular complexity index is 701. The van der Waals surface area contributed by atoms with Crippen LogP contribution in [-0.2, 0) is 25.5 Å². The lowest BCUT2D eigenvalue weighted by molar-refractivity contribution is -0.152. The molecule has 0 spiro atoms. The van der Waals surface area contributed by atoms with E-state index in [1.165, 1.54) is 5.56 Å². The predicted molar refractivity (Wildman–Crippen MR) is 99.9 cm³/mol. The normalized spacial score (nSPS) is 26.1. The molecule has 2 unspecified atom stereocenters. The van der Waals surface area contributed by atoms with E-state index in [2.05, 4.69) is 12.1 Å². The van der Waals surface area contributed by atoms with Crippen molar-refractivity contribution in [2.24, 2.45) is 0 Å². The van der Waals surface area contributed by atoms with Gasteiger partial charge < -0.3 is 19.3 Å². The van der Waals surface area contributed by atoms with Crippen LogP contribution in [0.25, 0.3) is 0 Å². The molecule has 3 heterocycles. The molecule has 1 aromatic carbocycles. The Labute approximate surface area is 160 Å². The molecule has 0 saturated carbocycles. The lowest BCUT2D eigenvalue weighted by atomic mass is 9.89. The Morgan fingerprint density at radius 2 is 1.85 bits per heavy atom. The molecular formula is C21H28N2O4. The van der Waals surface area contributed by atoms with Crippen LogP contribution in [0.5, 0.6) is 0 Å². The number of likely N-dealkylation sites (tertiary alicyclic amines) is 1. The molecule has 0 N–H and O–H groups in total. The number of rotatable bonds is 3. The first-order valence-corrected chi connectivity index (χ1v) is 10.0. The van der Waals surface area contributed by atoms with Gasteiger partial charge in [-0.3, -0.25) is 9.59 Å². The van der Waals surface area contributed by atoms with E-state index in [1.54, 1.807) is 6.92 Å². The van der Waals surface area contributed by atoms with E-state index in [1.807, 2.05) is 21.9 Å². The van der Waals surface area contributed by atoms with Crippen molar-refractivity contribution in [3.05, 3.63) is 35.4 Å². The number of piperidine rings is 1. The number of hydrogen-bond donors (Lipinski definition) is 0. The number of amides is 2. The van der Waals surface area contributed by atoms with Crippen LogP contribution in [0.4, 0.5) is 0 Å². The zero-order valence-electron chi connectivity index (χ0n) is 15.9. The lowest BCUT2D eigenvalue weighted by Gasteiger charge is -2.41. The Morgan fingerprint density at radius 1 is 1.07 bits per heavy atom. The first-order valence-electron chi connectivity index (χ1n) is 10.0. The van der Waals surface area contributed by atoms with Crippen LogP contribution in [0, 0.1) is 0 Å². The molecule has 2 amide bonds. The summed E-state index contributed by atoms with van der Waals surface area (Å²) < 4.78 is 11.4. The molecule has 2 fully saturated rings. The maximum Gasteiger partial charge on any atom is 0.225 e. The Morgan fingerprint density at radius 3 is 2.63 bits per heavy atom. The van der Waals surface area contributed by atoms with Gasteiger partial charge in [-0.05, 0) is 36.8 Å². The highest BCUT2D eigenvalue weighted by Gasteiger charge is 2.38. The number of carbonyl (C=O) groups is 2. The van der Waals surface area contributed by atoms with Gasteiger partial charge in [-0.1, -0.05) is 24.3 Å². The Kier molecular flexibility index (Phi) is 5.45. The van der Waals surface area contributed by atoms with Gasteiger partial charge in [0.25, 0.3) is 0 Å². The van der Waals surface area contributed by atoms with Crippen LogP contribution in [0.2, 0.25) is 0 Å². The lowest BCUT2D eigenvalue weighted by Crippen LogP contribution is -2.51. The monoisotopic (exact) mass is 372 g/mol. The number of benzene rings is 1. The van der Waals surface area contributed by atoms with Gasteiger partial charge in [0, 0.05) is 20.0 Å². The molecule has 4 rings (SSSR count). The highest BCUT2D eigenvalue weighted by Crippen LogP contribution is 2.34. The van der Waals surface area contributed by atoms with Crippen molar-refractivity contribution in [2.45, 2.75) is 57.4 Å². The molecule has 27 heavy (non-hydrogen) atoms. The average Bonchev–Trinajstić information content (AvgIpc) is 3.22. The van der Waals surface area contributed by atoms with E-state index in [0.717, 1.165) is 37.8 Å². The topological polar surface area (TPSA) is 59.1 Å². The predicted octanol–water partition coefficient (Wildman–Crippen LogP) is 2.28. The molecule has 6 nitrogen and oxygen atoms in total. The fraction of sp³-hybridized carbons (Fsp3) is 0.619. The van der Waals surface area contributed by atoms with E-state index >= 15 is 0 Å². The molecule has 6 heteroatoms. The van der Waals surface area contributed by atoms with Crippen LogP contribution in [0.1, 0.15) is 49.8 Å². The van der Waals surface area contributed by atoms with E-state index < -0.39 is 0 Å². The number of fused-ring (bicyclic) bond motifs is 1. The van der Waals surface area contributed by atoms with E-state index in [9.17, 15) is 9.59 Å². The number of ether oxygens (including phenoxy) is 2. The van der Waals surface area contributed by atoms with Crippen molar-refractivity contribution in [2.75, 3.05) is 26.3 Å². The quantitative estimate of drug-likeness (QED) is 0.817. The van der Waals surface area contributed by atoms with Crippen LogP contribution < -0.4 is 0 Å². The molecular weight excluding hydrogens is 344 g/mol. The molecule has 3 aliphatic heterocycles. The Hall–Kier alpha value is -1.92. The van der Waals surface area contributed by atoms with Gasteiger partial charge in [0.2, 0.25) is 11.8 Å². The zero-order valence-corrected chi connectivity index (χ0v) is 15.9. The fourth-order valence-corrected chi connectivity index (χ4v) is 4.68. The third kappa shape index (κ3) is 3.73. The van der Waals surface area contributed by atoms with Crippen LogP contribution in [0.3, 0.4) is 0 Å². The SMILES string of the molecule is CC(=O)N1CCc2ccccc2C1CC(=O)N1CCCCC1C1OCCO1. The van der Waals surface area contributed by atoms with Crippen molar-refractivity contribution < 1.29 is 19.1 Å². The highest BCUT2D eigenvalue weighted by molar-refractivity contribution is 5.80. The summed E-state index contributed by atoms with van der Waals surface area (Å²) >= 11 is 0. The molecule has 0 aromatic heterocycles. The first kappa shape index (κ1) is 18.4. The van der Waals surface area contributed by atoms with Crippen molar-refractivity contribution in [3.63, 3.8) is 0 Å². The fourth-order valence-electron chi connectivity index (χ4n) is 4.68. The third-order valence-electron chi connectivity index (χ3n) is 6.02. The minimum atomic E-state index is -0.309. The second-order valence-corrected chi connectivity index (χ2v) is 7.64. The largest absolute Gasteiger partial charge is 0.348 e. The van der Waals surface area contributed by atoms with Gasteiger partial charge in [-0.15, -0.1) is 0 Å². The third-order valence-corrected chi connectivity index (χ3v) is 6.02. The maximum atomic E-state index is 13.3. The van der Waals surface area contributed by atoms with Crippen LogP contribution >= 0.6 is 0 Å². The molecule has 0 radical (unpaired) electrons. The molecule has 2 saturated heterocycles. The summed E-state index contributed by atoms with van der Waals surface area (Å²) in [6.45, 7) is 4.19. The summed E-state index contributed by atoms with van der Waals surface area (Å²) in [7, 11) is 0. The maximum absolute atomic E-state index is 13.3. The van der Waals surface area contributed by atoms with Gasteiger partial charge in [0.1, 0.15) is 0 Å². The van der Waals surface area contributed by atoms with Crippen molar-refractivity contribution in [1.29, 1.82) is 0 Å². The summed E-state index contributed by atoms with van der Waals surface area (Å²) in [5.74, 6) is 0.117. The number of carbonyl (C=O) groups excluding carboxylic acids is 2. The van der Waals surface area contributed by atoms with Crippen molar-refractivity contribution in [3.8, 4) is 0 Å². The van der Waals surface area contributed by atoms with E-state index in [-0.39, 0.29) is 30.2 Å². The molecule has 0 bridgehead atoms. The summed E-state index contributed by atoms with van der Waals surface area (Å²) in [6.07, 6.45) is 3.86. The van der Waals surface area contributed by atoms with Gasteiger partial charge >= 0.3 is 0 Å². The molecule has 0 aliphatic carbocycles. The average molecular weight is 372 g/mol. The smallest absolute Gasteiger partial charge is 0.225 e. The number of nitrogens with zero attached hydrogens (tertiary/aromatic N) is 2. The summed E-state index contributed by atoms with van der Waals surface area (Å²) in [5.41, 5.74) is 2.35. The second kappa shape index (κ2) is 7.98.